The largest absolute Gasteiger partial charge is 0.480 e. The average Bonchev–Trinajstić information content (AvgIpc) is 2.74. The van der Waals surface area contributed by atoms with Gasteiger partial charge in [-0.3, -0.25) is 14.5 Å². The summed E-state index contributed by atoms with van der Waals surface area (Å²) in [5.41, 5.74) is 6.31. The van der Waals surface area contributed by atoms with Crippen molar-refractivity contribution in [1.82, 2.24) is 4.90 Å². The van der Waals surface area contributed by atoms with Gasteiger partial charge < -0.3 is 10.8 Å². The standard InChI is InChI=1S/C13H16N2O3/c14-12(16)10-6-7-11(13(17)18)15(10)8-9-4-2-1-3-5-9/h1-5,10-11H,6-8H2,(H2,14,16)(H,17,18)/t10-,11+/m0/s1. The lowest BCUT2D eigenvalue weighted by Crippen LogP contribution is -2.45. The van der Waals surface area contributed by atoms with Crippen molar-refractivity contribution in [2.75, 3.05) is 0 Å². The molecule has 1 aromatic rings. The molecule has 1 aliphatic heterocycles. The first-order valence-electron chi connectivity index (χ1n) is 5.91. The SMILES string of the molecule is NC(=O)[C@@H]1CC[C@H](C(=O)O)N1Cc1ccccc1. The quantitative estimate of drug-likeness (QED) is 0.816. The molecule has 0 unspecified atom stereocenters. The molecule has 5 nitrogen and oxygen atoms in total. The molecule has 2 rings (SSSR count). The van der Waals surface area contributed by atoms with Crippen LogP contribution in [0.1, 0.15) is 18.4 Å². The van der Waals surface area contributed by atoms with Gasteiger partial charge in [0.1, 0.15) is 6.04 Å². The molecule has 0 aromatic heterocycles. The normalized spacial score (nSPS) is 24.0. The van der Waals surface area contributed by atoms with E-state index in [0.717, 1.165) is 5.56 Å². The predicted molar refractivity (Wildman–Crippen MR) is 65.6 cm³/mol. The monoisotopic (exact) mass is 248 g/mol. The van der Waals surface area contributed by atoms with Crippen molar-refractivity contribution in [3.05, 3.63) is 35.9 Å². The van der Waals surface area contributed by atoms with Gasteiger partial charge in [-0.25, -0.2) is 0 Å². The molecule has 0 bridgehead atoms. The first kappa shape index (κ1) is 12.6. The van der Waals surface area contributed by atoms with Gasteiger partial charge in [0.2, 0.25) is 5.91 Å². The van der Waals surface area contributed by atoms with Gasteiger partial charge in [-0.1, -0.05) is 30.3 Å². The summed E-state index contributed by atoms with van der Waals surface area (Å²) in [5, 5.41) is 9.17. The van der Waals surface area contributed by atoms with Crippen LogP contribution >= 0.6 is 0 Å². The Labute approximate surface area is 105 Å². The molecule has 1 aromatic carbocycles. The third kappa shape index (κ3) is 2.51. The maximum absolute atomic E-state index is 11.4. The van der Waals surface area contributed by atoms with E-state index in [1.807, 2.05) is 30.3 Å². The van der Waals surface area contributed by atoms with Crippen molar-refractivity contribution in [1.29, 1.82) is 0 Å². The summed E-state index contributed by atoms with van der Waals surface area (Å²) in [6.07, 6.45) is 0.981. The van der Waals surface area contributed by atoms with Gasteiger partial charge in [0.15, 0.2) is 0 Å². The summed E-state index contributed by atoms with van der Waals surface area (Å²) in [5.74, 6) is -1.34. The summed E-state index contributed by atoms with van der Waals surface area (Å²) in [4.78, 5) is 24.2. The maximum Gasteiger partial charge on any atom is 0.320 e. The number of amides is 1. The minimum absolute atomic E-state index is 0.436. The van der Waals surface area contributed by atoms with Gasteiger partial charge >= 0.3 is 5.97 Å². The first-order chi connectivity index (χ1) is 8.59. The number of likely N-dealkylation sites (tertiary alicyclic amines) is 1. The van der Waals surface area contributed by atoms with Crippen LogP contribution in [0.15, 0.2) is 30.3 Å². The molecule has 0 radical (unpaired) electrons. The Morgan fingerprint density at radius 2 is 1.83 bits per heavy atom. The van der Waals surface area contributed by atoms with Crippen LogP contribution in [0, 0.1) is 0 Å². The number of benzene rings is 1. The molecule has 0 spiro atoms. The van der Waals surface area contributed by atoms with Crippen LogP contribution in [-0.2, 0) is 16.1 Å². The summed E-state index contributed by atoms with van der Waals surface area (Å²) in [7, 11) is 0. The first-order valence-corrected chi connectivity index (χ1v) is 5.91. The van der Waals surface area contributed by atoms with Crippen LogP contribution in [-0.4, -0.2) is 34.0 Å². The summed E-state index contributed by atoms with van der Waals surface area (Å²) in [6.45, 7) is 0.436. The van der Waals surface area contributed by atoms with E-state index in [-0.39, 0.29) is 0 Å². The van der Waals surface area contributed by atoms with Gasteiger partial charge in [0.05, 0.1) is 6.04 Å². The Balaban J connectivity index is 2.19. The smallest absolute Gasteiger partial charge is 0.320 e. The molecule has 3 N–H and O–H groups in total. The van der Waals surface area contributed by atoms with Gasteiger partial charge in [0, 0.05) is 6.54 Å². The Morgan fingerprint density at radius 1 is 1.22 bits per heavy atom. The minimum atomic E-state index is -0.894. The lowest BCUT2D eigenvalue weighted by atomic mass is 10.1. The molecule has 1 heterocycles. The second-order valence-corrected chi connectivity index (χ2v) is 4.51. The van der Waals surface area contributed by atoms with Crippen LogP contribution in [0.5, 0.6) is 0 Å². The van der Waals surface area contributed by atoms with E-state index in [0.29, 0.717) is 19.4 Å². The van der Waals surface area contributed by atoms with Crippen LogP contribution < -0.4 is 5.73 Å². The zero-order valence-electron chi connectivity index (χ0n) is 9.95. The van der Waals surface area contributed by atoms with Crippen molar-refractivity contribution >= 4 is 11.9 Å². The van der Waals surface area contributed by atoms with Gasteiger partial charge in [-0.2, -0.15) is 0 Å². The zero-order valence-corrected chi connectivity index (χ0v) is 9.95. The third-order valence-electron chi connectivity index (χ3n) is 3.34. The number of hydrogen-bond acceptors (Lipinski definition) is 3. The molecule has 5 heteroatoms. The average molecular weight is 248 g/mol. The topological polar surface area (TPSA) is 83.6 Å². The van der Waals surface area contributed by atoms with Crippen LogP contribution in [0.4, 0.5) is 0 Å². The van der Waals surface area contributed by atoms with E-state index >= 15 is 0 Å². The number of primary amides is 1. The molecule has 1 amide bonds. The van der Waals surface area contributed by atoms with Crippen molar-refractivity contribution in [3.8, 4) is 0 Å². The van der Waals surface area contributed by atoms with E-state index in [4.69, 9.17) is 10.8 Å². The number of carbonyl (C=O) groups is 2. The fraction of sp³-hybridized carbons (Fsp3) is 0.385. The Morgan fingerprint density at radius 3 is 2.39 bits per heavy atom. The number of aliphatic carboxylic acids is 1. The highest BCUT2D eigenvalue weighted by Crippen LogP contribution is 2.26. The molecule has 1 aliphatic rings. The highest BCUT2D eigenvalue weighted by Gasteiger charge is 2.40. The second kappa shape index (κ2) is 5.18. The van der Waals surface area contributed by atoms with Crippen molar-refractivity contribution < 1.29 is 14.7 Å². The lowest BCUT2D eigenvalue weighted by Gasteiger charge is -2.26. The highest BCUT2D eigenvalue weighted by atomic mass is 16.4. The number of nitrogens with zero attached hydrogens (tertiary/aromatic N) is 1. The van der Waals surface area contributed by atoms with Gasteiger partial charge in [-0.05, 0) is 18.4 Å². The third-order valence-corrected chi connectivity index (χ3v) is 3.34. The zero-order chi connectivity index (χ0) is 13.1. The molecule has 0 aliphatic carbocycles. The number of rotatable bonds is 4. The highest BCUT2D eigenvalue weighted by molar-refractivity contribution is 5.83. The molecule has 2 atom stereocenters. The molecule has 96 valence electrons. The van der Waals surface area contributed by atoms with Crippen molar-refractivity contribution in [3.63, 3.8) is 0 Å². The molecular weight excluding hydrogens is 232 g/mol. The van der Waals surface area contributed by atoms with Crippen LogP contribution in [0.2, 0.25) is 0 Å². The van der Waals surface area contributed by atoms with E-state index in [1.54, 1.807) is 4.90 Å². The van der Waals surface area contributed by atoms with Crippen molar-refractivity contribution in [2.45, 2.75) is 31.5 Å². The van der Waals surface area contributed by atoms with E-state index in [1.165, 1.54) is 0 Å². The molecule has 1 fully saturated rings. The van der Waals surface area contributed by atoms with Gasteiger partial charge in [0.25, 0.3) is 0 Å². The summed E-state index contributed by atoms with van der Waals surface area (Å²) in [6, 6.07) is 8.40. The van der Waals surface area contributed by atoms with Gasteiger partial charge in [-0.15, -0.1) is 0 Å². The number of carbonyl (C=O) groups excluding carboxylic acids is 1. The Kier molecular flexibility index (Phi) is 3.62. The maximum atomic E-state index is 11.4. The minimum Gasteiger partial charge on any atom is -0.480 e. The molecule has 0 saturated carbocycles. The Bertz CT molecular complexity index is 425. The predicted octanol–water partition coefficient (Wildman–Crippen LogP) is 0.589. The number of hydrogen-bond donors (Lipinski definition) is 2. The molecule has 1 saturated heterocycles. The van der Waals surface area contributed by atoms with E-state index in [9.17, 15) is 9.59 Å². The number of carboxylic acid groups (broad SMARTS) is 1. The second-order valence-electron chi connectivity index (χ2n) is 4.51. The summed E-state index contributed by atoms with van der Waals surface area (Å²) >= 11 is 0. The molecule has 18 heavy (non-hydrogen) atoms. The number of carboxylic acids is 1. The van der Waals surface area contributed by atoms with Crippen molar-refractivity contribution in [2.24, 2.45) is 5.73 Å². The van der Waals surface area contributed by atoms with E-state index < -0.39 is 24.0 Å². The van der Waals surface area contributed by atoms with Crippen LogP contribution in [0.25, 0.3) is 0 Å². The van der Waals surface area contributed by atoms with E-state index in [2.05, 4.69) is 0 Å². The number of nitrogens with two attached hydrogens (primary N) is 1. The summed E-state index contributed by atoms with van der Waals surface area (Å²) < 4.78 is 0. The lowest BCUT2D eigenvalue weighted by molar-refractivity contribution is -0.143. The fourth-order valence-corrected chi connectivity index (χ4v) is 2.45. The van der Waals surface area contributed by atoms with Crippen LogP contribution in [0.3, 0.4) is 0 Å². The molecular formula is C13H16N2O3. The Hall–Kier alpha value is -1.88. The fourth-order valence-electron chi connectivity index (χ4n) is 2.45.